The van der Waals surface area contributed by atoms with Crippen LogP contribution in [0.15, 0.2) is 10.9 Å². The maximum atomic E-state index is 11.5. The Hall–Kier alpha value is -1.20. The molecule has 1 rings (SSSR count). The third-order valence-electron chi connectivity index (χ3n) is 2.33. The van der Waals surface area contributed by atoms with Crippen LogP contribution in [0.2, 0.25) is 0 Å². The van der Waals surface area contributed by atoms with Crippen LogP contribution in [0.5, 0.6) is 0 Å². The highest BCUT2D eigenvalue weighted by atomic mass is 16.5. The summed E-state index contributed by atoms with van der Waals surface area (Å²) in [5.74, 6) is 0.591. The van der Waals surface area contributed by atoms with Crippen molar-refractivity contribution in [3.05, 3.63) is 27.9 Å². The van der Waals surface area contributed by atoms with E-state index in [1.54, 1.807) is 7.11 Å². The van der Waals surface area contributed by atoms with E-state index in [0.29, 0.717) is 24.7 Å². The predicted molar refractivity (Wildman–Crippen MR) is 64.8 cm³/mol. The number of nitrogens with one attached hydrogen (secondary N) is 1. The first-order chi connectivity index (χ1) is 8.21. The average molecular weight is 240 g/mol. The molecule has 0 aliphatic rings. The van der Waals surface area contributed by atoms with E-state index in [9.17, 15) is 4.79 Å². The van der Waals surface area contributed by atoms with E-state index in [1.807, 2.05) is 6.92 Å². The molecule has 0 spiro atoms. The molecule has 0 aromatic carbocycles. The molecule has 1 atom stereocenters. The molecule has 5 heteroatoms. The number of hydrogen-bond donors (Lipinski definition) is 1. The van der Waals surface area contributed by atoms with Gasteiger partial charge >= 0.3 is 0 Å². The summed E-state index contributed by atoms with van der Waals surface area (Å²) in [5.41, 5.74) is 0.468. The number of rotatable bonds is 7. The number of methoxy groups -OCH3 is 1. The molecule has 5 nitrogen and oxygen atoms in total. The Balaban J connectivity index is 2.96. The molecule has 1 heterocycles. The minimum Gasteiger partial charge on any atom is -0.378 e. The van der Waals surface area contributed by atoms with E-state index in [4.69, 9.17) is 9.47 Å². The molecule has 1 unspecified atom stereocenters. The van der Waals surface area contributed by atoms with Crippen LogP contribution < -0.4 is 5.56 Å². The number of aromatic nitrogens is 2. The molecule has 0 amide bonds. The number of aromatic amines is 1. The zero-order valence-corrected chi connectivity index (χ0v) is 10.7. The summed E-state index contributed by atoms with van der Waals surface area (Å²) >= 11 is 0. The van der Waals surface area contributed by atoms with Gasteiger partial charge in [0.15, 0.2) is 0 Å². The summed E-state index contributed by atoms with van der Waals surface area (Å²) in [7, 11) is 1.58. The molecule has 1 aromatic heterocycles. The third-order valence-corrected chi connectivity index (χ3v) is 2.33. The van der Waals surface area contributed by atoms with E-state index in [2.05, 4.69) is 16.9 Å². The monoisotopic (exact) mass is 240 g/mol. The largest absolute Gasteiger partial charge is 0.378 e. The molecule has 0 aliphatic carbocycles. The second kappa shape index (κ2) is 7.19. The Bertz CT molecular complexity index is 384. The zero-order valence-electron chi connectivity index (χ0n) is 10.7. The summed E-state index contributed by atoms with van der Waals surface area (Å²) < 4.78 is 10.6. The van der Waals surface area contributed by atoms with Crippen molar-refractivity contribution in [1.29, 1.82) is 0 Å². The fraction of sp³-hybridized carbons (Fsp3) is 0.667. The Morgan fingerprint density at radius 3 is 2.82 bits per heavy atom. The van der Waals surface area contributed by atoms with Crippen molar-refractivity contribution in [3.63, 3.8) is 0 Å². The average Bonchev–Trinajstić information content (AvgIpc) is 2.28. The molecule has 0 fully saturated rings. The Morgan fingerprint density at radius 1 is 1.47 bits per heavy atom. The third kappa shape index (κ3) is 4.28. The molecule has 0 radical (unpaired) electrons. The Morgan fingerprint density at radius 2 is 2.24 bits per heavy atom. The fourth-order valence-corrected chi connectivity index (χ4v) is 1.67. The van der Waals surface area contributed by atoms with E-state index in [0.717, 1.165) is 12.8 Å². The zero-order chi connectivity index (χ0) is 12.7. The van der Waals surface area contributed by atoms with Gasteiger partial charge in [0.2, 0.25) is 0 Å². The fourth-order valence-electron chi connectivity index (χ4n) is 1.67. The normalized spacial score (nSPS) is 12.6. The van der Waals surface area contributed by atoms with E-state index in [1.165, 1.54) is 6.07 Å². The molecular formula is C12H20N2O3. The van der Waals surface area contributed by atoms with Crippen LogP contribution in [0.4, 0.5) is 0 Å². The van der Waals surface area contributed by atoms with Crippen molar-refractivity contribution in [1.82, 2.24) is 9.97 Å². The van der Waals surface area contributed by atoms with Crippen LogP contribution in [0, 0.1) is 0 Å². The first-order valence-corrected chi connectivity index (χ1v) is 5.91. The van der Waals surface area contributed by atoms with Crippen molar-refractivity contribution in [2.75, 3.05) is 13.7 Å². The summed E-state index contributed by atoms with van der Waals surface area (Å²) in [5, 5.41) is 0. The van der Waals surface area contributed by atoms with Gasteiger partial charge in [-0.3, -0.25) is 4.79 Å². The van der Waals surface area contributed by atoms with Crippen molar-refractivity contribution in [3.8, 4) is 0 Å². The first-order valence-electron chi connectivity index (χ1n) is 5.91. The van der Waals surface area contributed by atoms with Crippen LogP contribution in [-0.4, -0.2) is 23.7 Å². The van der Waals surface area contributed by atoms with E-state index >= 15 is 0 Å². The van der Waals surface area contributed by atoms with Crippen molar-refractivity contribution >= 4 is 0 Å². The number of hydrogen-bond acceptors (Lipinski definition) is 4. The Labute approximate surface area is 101 Å². The highest BCUT2D eigenvalue weighted by Gasteiger charge is 2.14. The van der Waals surface area contributed by atoms with Crippen LogP contribution >= 0.6 is 0 Å². The van der Waals surface area contributed by atoms with Gasteiger partial charge in [-0.1, -0.05) is 13.3 Å². The lowest BCUT2D eigenvalue weighted by atomic mass is 10.2. The number of ether oxygens (including phenoxy) is 2. The van der Waals surface area contributed by atoms with Crippen molar-refractivity contribution < 1.29 is 9.47 Å². The molecule has 1 aromatic rings. The highest BCUT2D eigenvalue weighted by Crippen LogP contribution is 2.18. The number of nitrogens with zero attached hydrogens (tertiary/aromatic N) is 1. The molecule has 0 aliphatic heterocycles. The first kappa shape index (κ1) is 13.9. The summed E-state index contributed by atoms with van der Waals surface area (Å²) in [6, 6.07) is 1.45. The maximum Gasteiger partial charge on any atom is 0.251 e. The van der Waals surface area contributed by atoms with Gasteiger partial charge in [0.1, 0.15) is 11.9 Å². The van der Waals surface area contributed by atoms with Crippen LogP contribution in [0.3, 0.4) is 0 Å². The molecule has 17 heavy (non-hydrogen) atoms. The minimum absolute atomic E-state index is 0.144. The lowest BCUT2D eigenvalue weighted by Crippen LogP contribution is -2.17. The van der Waals surface area contributed by atoms with Crippen LogP contribution in [0.25, 0.3) is 0 Å². The highest BCUT2D eigenvalue weighted by molar-refractivity contribution is 5.03. The molecule has 0 bridgehead atoms. The maximum absolute atomic E-state index is 11.5. The number of H-pyrrole nitrogens is 1. The smallest absolute Gasteiger partial charge is 0.251 e. The molecule has 0 saturated carbocycles. The topological polar surface area (TPSA) is 64.2 Å². The van der Waals surface area contributed by atoms with Crippen molar-refractivity contribution in [2.24, 2.45) is 0 Å². The van der Waals surface area contributed by atoms with Gasteiger partial charge in [0.05, 0.1) is 12.3 Å². The van der Waals surface area contributed by atoms with Crippen molar-refractivity contribution in [2.45, 2.75) is 39.4 Å². The summed E-state index contributed by atoms with van der Waals surface area (Å²) in [6.45, 7) is 4.94. The van der Waals surface area contributed by atoms with Gasteiger partial charge in [-0.2, -0.15) is 0 Å². The molecular weight excluding hydrogens is 220 g/mol. The summed E-state index contributed by atoms with van der Waals surface area (Å²) in [4.78, 5) is 18.6. The van der Waals surface area contributed by atoms with Gasteiger partial charge in [0.25, 0.3) is 5.56 Å². The van der Waals surface area contributed by atoms with E-state index < -0.39 is 0 Å². The predicted octanol–water partition coefficient (Wildman–Crippen LogP) is 1.79. The van der Waals surface area contributed by atoms with Gasteiger partial charge in [-0.25, -0.2) is 4.98 Å². The quantitative estimate of drug-likeness (QED) is 0.789. The van der Waals surface area contributed by atoms with Crippen LogP contribution in [0.1, 0.15) is 44.3 Å². The lowest BCUT2D eigenvalue weighted by molar-refractivity contribution is 0.0487. The van der Waals surface area contributed by atoms with Crippen LogP contribution in [-0.2, 0) is 16.1 Å². The Kier molecular flexibility index (Phi) is 5.86. The minimum atomic E-state index is -0.164. The SMILES string of the molecule is CCCC(OCC)c1nc(COC)cc(=O)[nH]1. The van der Waals surface area contributed by atoms with Gasteiger partial charge < -0.3 is 14.5 Å². The van der Waals surface area contributed by atoms with Gasteiger partial charge in [0, 0.05) is 19.8 Å². The molecule has 96 valence electrons. The van der Waals surface area contributed by atoms with E-state index in [-0.39, 0.29) is 11.7 Å². The lowest BCUT2D eigenvalue weighted by Gasteiger charge is -2.15. The molecule has 0 saturated heterocycles. The standard InChI is InChI=1S/C12H20N2O3/c1-4-6-10(17-5-2)12-13-9(8-16-3)7-11(15)14-12/h7,10H,4-6,8H2,1-3H3,(H,13,14,15). The second-order valence-corrected chi connectivity index (χ2v) is 3.79. The second-order valence-electron chi connectivity index (χ2n) is 3.79. The van der Waals surface area contributed by atoms with Gasteiger partial charge in [-0.05, 0) is 13.3 Å². The van der Waals surface area contributed by atoms with Gasteiger partial charge in [-0.15, -0.1) is 0 Å². The molecule has 1 N–H and O–H groups in total. The summed E-state index contributed by atoms with van der Waals surface area (Å²) in [6.07, 6.45) is 1.67.